The van der Waals surface area contributed by atoms with Gasteiger partial charge >= 0.3 is 0 Å². The largest absolute Gasteiger partial charge is 0.322 e. The van der Waals surface area contributed by atoms with Gasteiger partial charge in [-0.3, -0.25) is 14.5 Å². The highest BCUT2D eigenvalue weighted by molar-refractivity contribution is 6.26. The van der Waals surface area contributed by atoms with Crippen molar-refractivity contribution in [1.82, 2.24) is 0 Å². The van der Waals surface area contributed by atoms with Crippen LogP contribution in [0, 0.1) is 5.82 Å². The van der Waals surface area contributed by atoms with Gasteiger partial charge in [0.15, 0.2) is 0 Å². The molecular weight excluding hydrogens is 319 g/mol. The number of hydrogen-bond donors (Lipinski definition) is 1. The van der Waals surface area contributed by atoms with Gasteiger partial charge in [0, 0.05) is 10.9 Å². The van der Waals surface area contributed by atoms with Gasteiger partial charge < -0.3 is 5.32 Å². The van der Waals surface area contributed by atoms with E-state index in [4.69, 9.17) is 0 Å². The topological polar surface area (TPSA) is 49.4 Å². The molecule has 0 aliphatic carbocycles. The van der Waals surface area contributed by atoms with E-state index in [-0.39, 0.29) is 11.6 Å². The standard InChI is InChI=1S/C20H15FN2O2/c1-12(19(24)22-16-10-3-2-9-15(16)21)23-17-11-5-7-13-6-4-8-14(18(13)17)20(23)25/h2-12H,1H3,(H,22,24)/t12-/m1/s1. The molecule has 1 aliphatic heterocycles. The Morgan fingerprint density at radius 2 is 1.76 bits per heavy atom. The van der Waals surface area contributed by atoms with Crippen LogP contribution in [0.4, 0.5) is 15.8 Å². The van der Waals surface area contributed by atoms with Crippen molar-refractivity contribution in [2.75, 3.05) is 10.2 Å². The number of benzene rings is 3. The van der Waals surface area contributed by atoms with Crippen LogP contribution >= 0.6 is 0 Å². The molecule has 0 saturated heterocycles. The molecule has 25 heavy (non-hydrogen) atoms. The van der Waals surface area contributed by atoms with Crippen LogP contribution < -0.4 is 10.2 Å². The normalized spacial score (nSPS) is 14.0. The Hall–Kier alpha value is -3.21. The monoisotopic (exact) mass is 334 g/mol. The zero-order valence-corrected chi connectivity index (χ0v) is 13.5. The Bertz CT molecular complexity index is 1010. The summed E-state index contributed by atoms with van der Waals surface area (Å²) in [7, 11) is 0. The van der Waals surface area contributed by atoms with E-state index in [0.29, 0.717) is 11.3 Å². The summed E-state index contributed by atoms with van der Waals surface area (Å²) in [6.07, 6.45) is 0. The lowest BCUT2D eigenvalue weighted by Gasteiger charge is -2.24. The number of nitrogens with one attached hydrogen (secondary N) is 1. The van der Waals surface area contributed by atoms with Crippen molar-refractivity contribution in [3.63, 3.8) is 0 Å². The van der Waals surface area contributed by atoms with Gasteiger partial charge in [-0.1, -0.05) is 36.4 Å². The molecule has 1 N–H and O–H groups in total. The molecule has 1 atom stereocenters. The Labute approximate surface area is 143 Å². The fourth-order valence-corrected chi connectivity index (χ4v) is 3.24. The molecule has 0 fully saturated rings. The molecule has 2 amide bonds. The highest BCUT2D eigenvalue weighted by atomic mass is 19.1. The molecule has 0 spiro atoms. The van der Waals surface area contributed by atoms with E-state index < -0.39 is 17.8 Å². The summed E-state index contributed by atoms with van der Waals surface area (Å²) < 4.78 is 13.8. The minimum absolute atomic E-state index is 0.0988. The van der Waals surface area contributed by atoms with Gasteiger partial charge in [-0.25, -0.2) is 4.39 Å². The Morgan fingerprint density at radius 1 is 1.04 bits per heavy atom. The number of nitrogens with zero attached hydrogens (tertiary/aromatic N) is 1. The second kappa shape index (κ2) is 5.70. The summed E-state index contributed by atoms with van der Waals surface area (Å²) in [5.74, 6) is -1.17. The number of amides is 2. The minimum atomic E-state index is -0.773. The summed E-state index contributed by atoms with van der Waals surface area (Å²) in [6, 6.07) is 16.3. The number of anilines is 2. The molecule has 0 aromatic heterocycles. The zero-order chi connectivity index (χ0) is 17.6. The fraction of sp³-hybridized carbons (Fsp3) is 0.100. The van der Waals surface area contributed by atoms with Crippen LogP contribution in [-0.4, -0.2) is 17.9 Å². The van der Waals surface area contributed by atoms with Gasteiger partial charge in [0.1, 0.15) is 11.9 Å². The average Bonchev–Trinajstić information content (AvgIpc) is 2.91. The second-order valence-electron chi connectivity index (χ2n) is 6.00. The first-order chi connectivity index (χ1) is 12.1. The second-order valence-corrected chi connectivity index (χ2v) is 6.00. The molecule has 0 saturated carbocycles. The number of carbonyl (C=O) groups excluding carboxylic acids is 2. The summed E-state index contributed by atoms with van der Waals surface area (Å²) in [4.78, 5) is 26.9. The third-order valence-electron chi connectivity index (χ3n) is 4.49. The highest BCUT2D eigenvalue weighted by Crippen LogP contribution is 2.38. The molecule has 3 aromatic rings. The smallest absolute Gasteiger partial charge is 0.259 e. The molecule has 0 bridgehead atoms. The predicted molar refractivity (Wildman–Crippen MR) is 95.2 cm³/mol. The fourth-order valence-electron chi connectivity index (χ4n) is 3.24. The Kier molecular flexibility index (Phi) is 3.50. The maximum Gasteiger partial charge on any atom is 0.259 e. The van der Waals surface area contributed by atoms with Crippen molar-refractivity contribution < 1.29 is 14.0 Å². The maximum atomic E-state index is 13.8. The number of halogens is 1. The van der Waals surface area contributed by atoms with Gasteiger partial charge in [-0.05, 0) is 36.6 Å². The summed E-state index contributed by atoms with van der Waals surface area (Å²) >= 11 is 0. The average molecular weight is 334 g/mol. The van der Waals surface area contributed by atoms with Crippen LogP contribution in [0.15, 0.2) is 60.7 Å². The van der Waals surface area contributed by atoms with Crippen LogP contribution in [0.3, 0.4) is 0 Å². The summed E-state index contributed by atoms with van der Waals surface area (Å²) in [5.41, 5.74) is 1.38. The third kappa shape index (κ3) is 2.36. The van der Waals surface area contributed by atoms with E-state index >= 15 is 0 Å². The molecule has 4 rings (SSSR count). The highest BCUT2D eigenvalue weighted by Gasteiger charge is 2.35. The van der Waals surface area contributed by atoms with Gasteiger partial charge in [0.2, 0.25) is 5.91 Å². The molecule has 0 unspecified atom stereocenters. The number of para-hydroxylation sites is 1. The minimum Gasteiger partial charge on any atom is -0.322 e. The van der Waals surface area contributed by atoms with Crippen molar-refractivity contribution in [1.29, 1.82) is 0 Å². The number of hydrogen-bond acceptors (Lipinski definition) is 2. The molecular formula is C20H15FN2O2. The first kappa shape index (κ1) is 15.3. The van der Waals surface area contributed by atoms with E-state index in [0.717, 1.165) is 10.8 Å². The molecule has 5 heteroatoms. The van der Waals surface area contributed by atoms with Crippen LogP contribution in [-0.2, 0) is 4.79 Å². The van der Waals surface area contributed by atoms with Crippen molar-refractivity contribution in [2.24, 2.45) is 0 Å². The Morgan fingerprint density at radius 3 is 2.52 bits per heavy atom. The maximum absolute atomic E-state index is 13.8. The zero-order valence-electron chi connectivity index (χ0n) is 13.5. The third-order valence-corrected chi connectivity index (χ3v) is 4.49. The van der Waals surface area contributed by atoms with Gasteiger partial charge in [0.05, 0.1) is 11.4 Å². The lowest BCUT2D eigenvalue weighted by Crippen LogP contribution is -2.44. The van der Waals surface area contributed by atoms with Crippen molar-refractivity contribution in [2.45, 2.75) is 13.0 Å². The quantitative estimate of drug-likeness (QED) is 0.788. The molecule has 124 valence electrons. The molecule has 0 radical (unpaired) electrons. The SMILES string of the molecule is C[C@H](C(=O)Nc1ccccc1F)N1C(=O)c2cccc3cccc1c23. The molecule has 3 aromatic carbocycles. The lowest BCUT2D eigenvalue weighted by molar-refractivity contribution is -0.117. The number of rotatable bonds is 3. The van der Waals surface area contributed by atoms with Crippen LogP contribution in [0.2, 0.25) is 0 Å². The van der Waals surface area contributed by atoms with Crippen LogP contribution in [0.1, 0.15) is 17.3 Å². The van der Waals surface area contributed by atoms with Crippen molar-refractivity contribution >= 4 is 34.0 Å². The first-order valence-corrected chi connectivity index (χ1v) is 7.98. The van der Waals surface area contributed by atoms with Crippen molar-refractivity contribution in [3.8, 4) is 0 Å². The number of carbonyl (C=O) groups is 2. The summed E-state index contributed by atoms with van der Waals surface area (Å²) in [6.45, 7) is 1.64. The van der Waals surface area contributed by atoms with E-state index in [1.54, 1.807) is 25.1 Å². The lowest BCUT2D eigenvalue weighted by atomic mass is 10.1. The van der Waals surface area contributed by atoms with E-state index in [2.05, 4.69) is 5.32 Å². The van der Waals surface area contributed by atoms with Crippen molar-refractivity contribution in [3.05, 3.63) is 72.0 Å². The van der Waals surface area contributed by atoms with Gasteiger partial charge in [-0.2, -0.15) is 0 Å². The predicted octanol–water partition coefficient (Wildman–Crippen LogP) is 3.97. The van der Waals surface area contributed by atoms with Crippen LogP contribution in [0.25, 0.3) is 10.8 Å². The van der Waals surface area contributed by atoms with Gasteiger partial charge in [0.25, 0.3) is 5.91 Å². The Balaban J connectivity index is 1.69. The molecule has 4 nitrogen and oxygen atoms in total. The molecule has 1 aliphatic rings. The van der Waals surface area contributed by atoms with E-state index in [1.807, 2.05) is 30.3 Å². The van der Waals surface area contributed by atoms with E-state index in [9.17, 15) is 14.0 Å². The van der Waals surface area contributed by atoms with E-state index in [1.165, 1.54) is 17.0 Å². The first-order valence-electron chi connectivity index (χ1n) is 7.98. The summed E-state index contributed by atoms with van der Waals surface area (Å²) in [5, 5.41) is 4.36. The molecule has 1 heterocycles. The van der Waals surface area contributed by atoms with Gasteiger partial charge in [-0.15, -0.1) is 0 Å². The van der Waals surface area contributed by atoms with Crippen LogP contribution in [0.5, 0.6) is 0 Å².